The fraction of sp³-hybridized carbons (Fsp3) is 0.250. The van der Waals surface area contributed by atoms with Crippen LogP contribution in [0.3, 0.4) is 0 Å². The fourth-order valence-corrected chi connectivity index (χ4v) is 1.85. The predicted molar refractivity (Wildman–Crippen MR) is 66.0 cm³/mol. The Morgan fingerprint density at radius 2 is 2.11 bits per heavy atom. The number of rotatable bonds is 4. The molecule has 18 heavy (non-hydrogen) atoms. The van der Waals surface area contributed by atoms with Crippen LogP contribution in [-0.2, 0) is 14.3 Å². The lowest BCUT2D eigenvalue weighted by atomic mass is 10.3. The van der Waals surface area contributed by atoms with Gasteiger partial charge in [-0.2, -0.15) is 0 Å². The molecule has 0 aliphatic heterocycles. The standard InChI is InChI=1S/C12H11NO4S/c1-2-17-12(16)11(15)9-7-6-8(18-9)4-3-5-10(13)14/h6-7H,2,5H2,1H3,(H2,13,14). The number of nitrogens with two attached hydrogens (primary N) is 1. The van der Waals surface area contributed by atoms with E-state index in [9.17, 15) is 14.4 Å². The molecule has 1 rings (SSSR count). The summed E-state index contributed by atoms with van der Waals surface area (Å²) in [5.41, 5.74) is 4.93. The van der Waals surface area contributed by atoms with Gasteiger partial charge in [0.2, 0.25) is 5.91 Å². The second kappa shape index (κ2) is 6.57. The molecule has 1 aromatic heterocycles. The minimum Gasteiger partial charge on any atom is -0.460 e. The summed E-state index contributed by atoms with van der Waals surface area (Å²) in [7, 11) is 0. The molecule has 0 fully saturated rings. The summed E-state index contributed by atoms with van der Waals surface area (Å²) in [6.07, 6.45) is -0.0426. The third-order valence-corrected chi connectivity index (χ3v) is 2.76. The van der Waals surface area contributed by atoms with Gasteiger partial charge in [-0.05, 0) is 19.1 Å². The van der Waals surface area contributed by atoms with E-state index >= 15 is 0 Å². The van der Waals surface area contributed by atoms with Gasteiger partial charge in [0.25, 0.3) is 5.78 Å². The Morgan fingerprint density at radius 3 is 2.72 bits per heavy atom. The average Bonchev–Trinajstić information content (AvgIpc) is 2.76. The van der Waals surface area contributed by atoms with Crippen molar-refractivity contribution in [3.8, 4) is 11.8 Å². The summed E-state index contributed by atoms with van der Waals surface area (Å²) < 4.78 is 4.60. The van der Waals surface area contributed by atoms with Crippen molar-refractivity contribution in [2.24, 2.45) is 5.73 Å². The van der Waals surface area contributed by atoms with Crippen LogP contribution in [0.15, 0.2) is 12.1 Å². The molecule has 5 nitrogen and oxygen atoms in total. The maximum absolute atomic E-state index is 11.5. The van der Waals surface area contributed by atoms with Gasteiger partial charge in [0, 0.05) is 0 Å². The maximum atomic E-state index is 11.5. The molecule has 0 aliphatic rings. The van der Waals surface area contributed by atoms with Crippen molar-refractivity contribution in [3.63, 3.8) is 0 Å². The number of carbonyl (C=O) groups is 3. The Labute approximate surface area is 108 Å². The lowest BCUT2D eigenvalue weighted by Crippen LogP contribution is -2.16. The second-order valence-corrected chi connectivity index (χ2v) is 4.24. The van der Waals surface area contributed by atoms with Crippen LogP contribution < -0.4 is 5.73 Å². The van der Waals surface area contributed by atoms with Crippen molar-refractivity contribution in [1.82, 2.24) is 0 Å². The second-order valence-electron chi connectivity index (χ2n) is 3.16. The van der Waals surface area contributed by atoms with Gasteiger partial charge in [0.15, 0.2) is 0 Å². The molecule has 0 aromatic carbocycles. The van der Waals surface area contributed by atoms with E-state index in [1.165, 1.54) is 6.07 Å². The van der Waals surface area contributed by atoms with Crippen molar-refractivity contribution >= 4 is 29.0 Å². The fourth-order valence-electron chi connectivity index (χ4n) is 1.04. The Kier molecular flexibility index (Phi) is 5.08. The summed E-state index contributed by atoms with van der Waals surface area (Å²) in [6.45, 7) is 1.78. The van der Waals surface area contributed by atoms with Crippen molar-refractivity contribution in [3.05, 3.63) is 21.9 Å². The first-order valence-corrected chi connectivity index (χ1v) is 5.94. The van der Waals surface area contributed by atoms with Crippen LogP contribution in [-0.4, -0.2) is 24.3 Å². The lowest BCUT2D eigenvalue weighted by molar-refractivity contribution is -0.137. The van der Waals surface area contributed by atoms with Crippen molar-refractivity contribution in [1.29, 1.82) is 0 Å². The van der Waals surface area contributed by atoms with Crippen LogP contribution in [0.25, 0.3) is 0 Å². The highest BCUT2D eigenvalue weighted by Gasteiger charge is 2.18. The summed E-state index contributed by atoms with van der Waals surface area (Å²) in [5.74, 6) is 3.17. The molecule has 1 amide bonds. The van der Waals surface area contributed by atoms with E-state index in [2.05, 4.69) is 16.6 Å². The van der Waals surface area contributed by atoms with E-state index in [0.29, 0.717) is 4.88 Å². The Morgan fingerprint density at radius 1 is 1.39 bits per heavy atom. The smallest absolute Gasteiger partial charge is 0.380 e. The molecular weight excluding hydrogens is 254 g/mol. The van der Waals surface area contributed by atoms with Gasteiger partial charge in [0.1, 0.15) is 0 Å². The molecular formula is C12H11NO4S. The number of esters is 1. The van der Waals surface area contributed by atoms with E-state index in [-0.39, 0.29) is 17.9 Å². The molecule has 0 spiro atoms. The van der Waals surface area contributed by atoms with Gasteiger partial charge < -0.3 is 10.5 Å². The molecule has 0 bridgehead atoms. The van der Waals surface area contributed by atoms with E-state index in [4.69, 9.17) is 5.73 Å². The molecule has 0 atom stereocenters. The zero-order valence-electron chi connectivity index (χ0n) is 9.69. The van der Waals surface area contributed by atoms with Gasteiger partial charge in [-0.25, -0.2) is 4.79 Å². The number of hydrogen-bond donors (Lipinski definition) is 1. The van der Waals surface area contributed by atoms with Crippen LogP contribution in [0.2, 0.25) is 0 Å². The molecule has 0 unspecified atom stereocenters. The highest BCUT2D eigenvalue weighted by atomic mass is 32.1. The molecule has 0 saturated carbocycles. The van der Waals surface area contributed by atoms with Crippen molar-refractivity contribution in [2.45, 2.75) is 13.3 Å². The summed E-state index contributed by atoms with van der Waals surface area (Å²) in [6, 6.07) is 3.10. The molecule has 1 aromatic rings. The summed E-state index contributed by atoms with van der Waals surface area (Å²) in [4.78, 5) is 34.1. The number of carbonyl (C=O) groups excluding carboxylic acids is 3. The number of ketones is 1. The predicted octanol–water partition coefficient (Wildman–Crippen LogP) is 0.721. The van der Waals surface area contributed by atoms with Crippen LogP contribution in [0.4, 0.5) is 0 Å². The minimum absolute atomic E-state index is 0.0426. The van der Waals surface area contributed by atoms with Gasteiger partial charge in [0.05, 0.1) is 22.8 Å². The largest absolute Gasteiger partial charge is 0.460 e. The Hall–Kier alpha value is -2.13. The number of amides is 1. The summed E-state index contributed by atoms with van der Waals surface area (Å²) in [5, 5.41) is 0. The molecule has 0 saturated heterocycles. The van der Waals surface area contributed by atoms with Gasteiger partial charge in [-0.15, -0.1) is 11.3 Å². The first-order valence-electron chi connectivity index (χ1n) is 5.13. The zero-order valence-corrected chi connectivity index (χ0v) is 10.5. The van der Waals surface area contributed by atoms with E-state index in [1.807, 2.05) is 0 Å². The van der Waals surface area contributed by atoms with Crippen LogP contribution in [0.1, 0.15) is 27.9 Å². The van der Waals surface area contributed by atoms with Crippen LogP contribution in [0, 0.1) is 11.8 Å². The number of hydrogen-bond acceptors (Lipinski definition) is 5. The minimum atomic E-state index is -0.879. The molecule has 2 N–H and O–H groups in total. The Balaban J connectivity index is 2.73. The first-order chi connectivity index (χ1) is 8.54. The average molecular weight is 265 g/mol. The highest BCUT2D eigenvalue weighted by Crippen LogP contribution is 2.16. The van der Waals surface area contributed by atoms with Gasteiger partial charge in [-0.3, -0.25) is 9.59 Å². The topological polar surface area (TPSA) is 86.5 Å². The SMILES string of the molecule is CCOC(=O)C(=O)c1ccc(C#CCC(N)=O)s1. The summed E-state index contributed by atoms with van der Waals surface area (Å²) >= 11 is 1.07. The number of thiophene rings is 1. The molecule has 6 heteroatoms. The van der Waals surface area contributed by atoms with Gasteiger partial charge >= 0.3 is 5.97 Å². The molecule has 1 heterocycles. The normalized spacial score (nSPS) is 9.17. The lowest BCUT2D eigenvalue weighted by Gasteiger charge is -1.97. The third kappa shape index (κ3) is 4.03. The highest BCUT2D eigenvalue weighted by molar-refractivity contribution is 7.15. The van der Waals surface area contributed by atoms with Crippen molar-refractivity contribution < 1.29 is 19.1 Å². The number of Topliss-reactive ketones (excluding diaryl/α,β-unsaturated/α-hetero) is 1. The number of primary amides is 1. The van der Waals surface area contributed by atoms with Gasteiger partial charge in [-0.1, -0.05) is 11.8 Å². The van der Waals surface area contributed by atoms with E-state index in [0.717, 1.165) is 11.3 Å². The number of ether oxygens (including phenoxy) is 1. The van der Waals surface area contributed by atoms with Crippen molar-refractivity contribution in [2.75, 3.05) is 6.61 Å². The molecule has 0 radical (unpaired) electrons. The molecule has 0 aliphatic carbocycles. The third-order valence-electron chi connectivity index (χ3n) is 1.76. The Bertz CT molecular complexity index is 536. The quantitative estimate of drug-likeness (QED) is 0.376. The van der Waals surface area contributed by atoms with Crippen LogP contribution >= 0.6 is 11.3 Å². The zero-order chi connectivity index (χ0) is 13.5. The van der Waals surface area contributed by atoms with Crippen LogP contribution in [0.5, 0.6) is 0 Å². The first kappa shape index (κ1) is 13.9. The van der Waals surface area contributed by atoms with E-state index < -0.39 is 17.7 Å². The maximum Gasteiger partial charge on any atom is 0.380 e. The monoisotopic (exact) mass is 265 g/mol. The molecule has 94 valence electrons. The van der Waals surface area contributed by atoms with E-state index in [1.54, 1.807) is 13.0 Å².